The zero-order chi connectivity index (χ0) is 15.4. The summed E-state index contributed by atoms with van der Waals surface area (Å²) in [6.45, 7) is 1.17. The summed E-state index contributed by atoms with van der Waals surface area (Å²) in [5, 5.41) is 0. The first-order valence-electron chi connectivity index (χ1n) is 8.21. The Bertz CT molecular complexity index is 640. The fourth-order valence-corrected chi connectivity index (χ4v) is 3.49. The summed E-state index contributed by atoms with van der Waals surface area (Å²) >= 11 is 0. The van der Waals surface area contributed by atoms with Crippen molar-refractivity contribution >= 4 is 11.6 Å². The highest BCUT2D eigenvalue weighted by molar-refractivity contribution is 5.83. The van der Waals surface area contributed by atoms with Gasteiger partial charge in [0.25, 0.3) is 0 Å². The van der Waals surface area contributed by atoms with E-state index in [0.29, 0.717) is 0 Å². The molecule has 0 radical (unpaired) electrons. The molecule has 2 aromatic rings. The highest BCUT2D eigenvalue weighted by Gasteiger charge is 2.20. The van der Waals surface area contributed by atoms with Crippen LogP contribution in [0.25, 0.3) is 11.6 Å². The molecule has 1 aliphatic rings. The van der Waals surface area contributed by atoms with Crippen LogP contribution in [-0.4, -0.2) is 25.5 Å². The molecule has 1 aliphatic carbocycles. The number of rotatable bonds is 3. The van der Waals surface area contributed by atoms with Crippen molar-refractivity contribution in [2.75, 3.05) is 20.6 Å². The van der Waals surface area contributed by atoms with Crippen LogP contribution in [0.4, 0.5) is 0 Å². The van der Waals surface area contributed by atoms with Gasteiger partial charge in [-0.25, -0.2) is 0 Å². The number of benzene rings is 2. The van der Waals surface area contributed by atoms with E-state index in [1.807, 2.05) is 0 Å². The standard InChI is InChI=1S/C21H25N/c1-22(2)16-18-12-13-19-10-6-7-11-21(19)20(15-18)14-17-8-4-3-5-9-17/h3-11,14,18H,12-13,15-16H2,1-2H3. The van der Waals surface area contributed by atoms with Gasteiger partial charge in [-0.3, -0.25) is 0 Å². The second-order valence-corrected chi connectivity index (χ2v) is 6.61. The van der Waals surface area contributed by atoms with Crippen LogP contribution in [0.2, 0.25) is 0 Å². The van der Waals surface area contributed by atoms with Gasteiger partial charge in [-0.15, -0.1) is 0 Å². The fourth-order valence-electron chi connectivity index (χ4n) is 3.49. The molecular formula is C21H25N. The van der Waals surface area contributed by atoms with E-state index in [1.54, 1.807) is 0 Å². The minimum atomic E-state index is 0.734. The fraction of sp³-hybridized carbons (Fsp3) is 0.333. The molecule has 0 N–H and O–H groups in total. The number of allylic oxidation sites excluding steroid dienone is 1. The van der Waals surface area contributed by atoms with Crippen molar-refractivity contribution in [1.29, 1.82) is 0 Å². The summed E-state index contributed by atoms with van der Waals surface area (Å²) < 4.78 is 0. The van der Waals surface area contributed by atoms with E-state index < -0.39 is 0 Å². The van der Waals surface area contributed by atoms with E-state index in [1.165, 1.54) is 48.1 Å². The lowest BCUT2D eigenvalue weighted by molar-refractivity contribution is 0.317. The van der Waals surface area contributed by atoms with Gasteiger partial charge in [-0.05, 0) is 61.5 Å². The maximum atomic E-state index is 2.38. The molecule has 0 saturated heterocycles. The largest absolute Gasteiger partial charge is 0.309 e. The zero-order valence-electron chi connectivity index (χ0n) is 13.6. The average molecular weight is 291 g/mol. The van der Waals surface area contributed by atoms with Crippen LogP contribution in [0, 0.1) is 5.92 Å². The highest BCUT2D eigenvalue weighted by atomic mass is 15.1. The minimum Gasteiger partial charge on any atom is -0.309 e. The van der Waals surface area contributed by atoms with Crippen LogP contribution in [0.3, 0.4) is 0 Å². The predicted octanol–water partition coefficient (Wildman–Crippen LogP) is 4.74. The summed E-state index contributed by atoms with van der Waals surface area (Å²) in [7, 11) is 4.36. The van der Waals surface area contributed by atoms with Crippen molar-refractivity contribution in [2.24, 2.45) is 5.92 Å². The van der Waals surface area contributed by atoms with E-state index in [9.17, 15) is 0 Å². The summed E-state index contributed by atoms with van der Waals surface area (Å²) in [6.07, 6.45) is 6.03. The Hall–Kier alpha value is -1.86. The number of nitrogens with zero attached hydrogens (tertiary/aromatic N) is 1. The first-order chi connectivity index (χ1) is 10.7. The zero-order valence-corrected chi connectivity index (χ0v) is 13.6. The number of hydrogen-bond donors (Lipinski definition) is 0. The van der Waals surface area contributed by atoms with E-state index in [0.717, 1.165) is 5.92 Å². The predicted molar refractivity (Wildman–Crippen MR) is 95.7 cm³/mol. The van der Waals surface area contributed by atoms with Gasteiger partial charge in [-0.1, -0.05) is 60.7 Å². The number of aryl methyl sites for hydroxylation is 1. The Labute approximate surface area is 134 Å². The Morgan fingerprint density at radius 3 is 2.50 bits per heavy atom. The normalized spacial score (nSPS) is 20.0. The Morgan fingerprint density at radius 1 is 1.00 bits per heavy atom. The molecule has 0 bridgehead atoms. The van der Waals surface area contributed by atoms with Gasteiger partial charge >= 0.3 is 0 Å². The quantitative estimate of drug-likeness (QED) is 0.738. The van der Waals surface area contributed by atoms with E-state index >= 15 is 0 Å². The minimum absolute atomic E-state index is 0.734. The second kappa shape index (κ2) is 6.93. The van der Waals surface area contributed by atoms with Crippen LogP contribution >= 0.6 is 0 Å². The third kappa shape index (κ3) is 3.66. The molecule has 1 nitrogen and oxygen atoms in total. The van der Waals surface area contributed by atoms with Crippen molar-refractivity contribution in [1.82, 2.24) is 4.90 Å². The maximum absolute atomic E-state index is 2.38. The highest BCUT2D eigenvalue weighted by Crippen LogP contribution is 2.34. The van der Waals surface area contributed by atoms with Gasteiger partial charge in [0.15, 0.2) is 0 Å². The lowest BCUT2D eigenvalue weighted by Gasteiger charge is -2.20. The first-order valence-corrected chi connectivity index (χ1v) is 8.21. The van der Waals surface area contributed by atoms with Crippen LogP contribution in [0.1, 0.15) is 29.5 Å². The molecule has 0 amide bonds. The summed E-state index contributed by atoms with van der Waals surface area (Å²) in [5.74, 6) is 0.734. The van der Waals surface area contributed by atoms with Gasteiger partial charge in [-0.2, -0.15) is 0 Å². The molecular weight excluding hydrogens is 266 g/mol. The van der Waals surface area contributed by atoms with Crippen molar-refractivity contribution in [3.05, 3.63) is 71.3 Å². The summed E-state index contributed by atoms with van der Waals surface area (Å²) in [6, 6.07) is 19.6. The molecule has 0 fully saturated rings. The molecule has 1 heteroatoms. The van der Waals surface area contributed by atoms with Gasteiger partial charge in [0, 0.05) is 6.54 Å². The van der Waals surface area contributed by atoms with Crippen LogP contribution in [0.5, 0.6) is 0 Å². The van der Waals surface area contributed by atoms with Crippen molar-refractivity contribution in [3.63, 3.8) is 0 Å². The molecule has 0 spiro atoms. The average Bonchev–Trinajstić information content (AvgIpc) is 2.68. The monoisotopic (exact) mass is 291 g/mol. The Balaban J connectivity index is 1.97. The third-order valence-electron chi connectivity index (χ3n) is 4.46. The number of fused-ring (bicyclic) bond motifs is 1. The lowest BCUT2D eigenvalue weighted by Crippen LogP contribution is -2.21. The molecule has 3 rings (SSSR count). The van der Waals surface area contributed by atoms with Crippen molar-refractivity contribution < 1.29 is 0 Å². The lowest BCUT2D eigenvalue weighted by atomic mass is 9.93. The molecule has 114 valence electrons. The van der Waals surface area contributed by atoms with Crippen molar-refractivity contribution in [3.8, 4) is 0 Å². The van der Waals surface area contributed by atoms with Gasteiger partial charge in [0.05, 0.1) is 0 Å². The SMILES string of the molecule is CN(C)CC1CCc2ccccc2C(=Cc2ccccc2)C1. The summed E-state index contributed by atoms with van der Waals surface area (Å²) in [4.78, 5) is 2.32. The number of hydrogen-bond acceptors (Lipinski definition) is 1. The van der Waals surface area contributed by atoms with E-state index in [2.05, 4.69) is 79.7 Å². The maximum Gasteiger partial charge on any atom is 0.000686 e. The first kappa shape index (κ1) is 15.1. The molecule has 22 heavy (non-hydrogen) atoms. The van der Waals surface area contributed by atoms with Gasteiger partial charge < -0.3 is 4.90 Å². The molecule has 1 unspecified atom stereocenters. The molecule has 0 aliphatic heterocycles. The van der Waals surface area contributed by atoms with E-state index in [-0.39, 0.29) is 0 Å². The van der Waals surface area contributed by atoms with Crippen LogP contribution in [0.15, 0.2) is 54.6 Å². The van der Waals surface area contributed by atoms with E-state index in [4.69, 9.17) is 0 Å². The molecule has 2 aromatic carbocycles. The smallest absolute Gasteiger partial charge is 0.000686 e. The summed E-state index contributed by atoms with van der Waals surface area (Å²) in [5.41, 5.74) is 5.75. The Morgan fingerprint density at radius 2 is 1.73 bits per heavy atom. The molecule has 0 saturated carbocycles. The third-order valence-corrected chi connectivity index (χ3v) is 4.46. The van der Waals surface area contributed by atoms with Gasteiger partial charge in [0.2, 0.25) is 0 Å². The van der Waals surface area contributed by atoms with Gasteiger partial charge in [0.1, 0.15) is 0 Å². The Kier molecular flexibility index (Phi) is 4.74. The topological polar surface area (TPSA) is 3.24 Å². The second-order valence-electron chi connectivity index (χ2n) is 6.61. The van der Waals surface area contributed by atoms with Crippen LogP contribution in [-0.2, 0) is 6.42 Å². The van der Waals surface area contributed by atoms with Crippen molar-refractivity contribution in [2.45, 2.75) is 19.3 Å². The van der Waals surface area contributed by atoms with Crippen LogP contribution < -0.4 is 0 Å². The molecule has 0 heterocycles. The molecule has 0 aromatic heterocycles. The molecule has 1 atom stereocenters.